The van der Waals surface area contributed by atoms with Gasteiger partial charge in [0.2, 0.25) is 0 Å². The summed E-state index contributed by atoms with van der Waals surface area (Å²) in [6.45, 7) is 2.26. The van der Waals surface area contributed by atoms with Crippen molar-refractivity contribution in [3.05, 3.63) is 23.8 Å². The Morgan fingerprint density at radius 1 is 1.25 bits per heavy atom. The molecule has 1 N–H and O–H groups in total. The normalized spacial score (nSPS) is 26.4. The van der Waals surface area contributed by atoms with E-state index in [1.807, 2.05) is 6.07 Å². The molecular weight excluding hydrogens is 200 g/mol. The van der Waals surface area contributed by atoms with Gasteiger partial charge >= 0.3 is 0 Å². The zero-order valence-electron chi connectivity index (χ0n) is 9.70. The minimum absolute atomic E-state index is 0.0222. The van der Waals surface area contributed by atoms with Gasteiger partial charge in [-0.15, -0.1) is 0 Å². The predicted molar refractivity (Wildman–Crippen MR) is 63.0 cm³/mol. The molecule has 86 valence electrons. The average molecular weight is 218 g/mol. The van der Waals surface area contributed by atoms with E-state index in [-0.39, 0.29) is 5.60 Å². The summed E-state index contributed by atoms with van der Waals surface area (Å²) in [5.74, 6) is 1.66. The van der Waals surface area contributed by atoms with Crippen molar-refractivity contribution in [2.75, 3.05) is 0 Å². The fourth-order valence-corrected chi connectivity index (χ4v) is 3.25. The first-order chi connectivity index (χ1) is 7.71. The number of phenolic OH excluding ortho intramolecular Hbond substituents is 1. The van der Waals surface area contributed by atoms with Crippen LogP contribution >= 0.6 is 0 Å². The van der Waals surface area contributed by atoms with Crippen LogP contribution in [-0.4, -0.2) is 10.7 Å². The van der Waals surface area contributed by atoms with Gasteiger partial charge < -0.3 is 9.84 Å². The van der Waals surface area contributed by atoms with Gasteiger partial charge in [0.05, 0.1) is 0 Å². The van der Waals surface area contributed by atoms with Gasteiger partial charge in [-0.2, -0.15) is 0 Å². The maximum absolute atomic E-state index is 9.49. The molecule has 1 atom stereocenters. The van der Waals surface area contributed by atoms with Crippen LogP contribution in [0.2, 0.25) is 0 Å². The van der Waals surface area contributed by atoms with Crippen LogP contribution < -0.4 is 4.74 Å². The van der Waals surface area contributed by atoms with Crippen LogP contribution in [0.25, 0.3) is 0 Å². The first kappa shape index (κ1) is 10.0. The molecule has 1 unspecified atom stereocenters. The van der Waals surface area contributed by atoms with Crippen LogP contribution in [0.15, 0.2) is 18.2 Å². The van der Waals surface area contributed by atoms with Crippen LogP contribution in [0.1, 0.15) is 50.5 Å². The Morgan fingerprint density at radius 2 is 2.00 bits per heavy atom. The molecule has 1 aliphatic carbocycles. The van der Waals surface area contributed by atoms with Gasteiger partial charge in [0.25, 0.3) is 0 Å². The third-order valence-electron chi connectivity index (χ3n) is 4.27. The van der Waals surface area contributed by atoms with Crippen molar-refractivity contribution in [2.24, 2.45) is 0 Å². The molecule has 0 aromatic heterocycles. The van der Waals surface area contributed by atoms with Crippen molar-refractivity contribution in [3.8, 4) is 11.5 Å². The molecule has 0 radical (unpaired) electrons. The molecule has 1 fully saturated rings. The second-order valence-electron chi connectivity index (χ2n) is 5.17. The molecule has 0 amide bonds. The highest BCUT2D eigenvalue weighted by molar-refractivity contribution is 5.47. The van der Waals surface area contributed by atoms with E-state index in [0.29, 0.717) is 11.7 Å². The Balaban J connectivity index is 1.98. The molecule has 2 nitrogen and oxygen atoms in total. The highest BCUT2D eigenvalue weighted by Crippen LogP contribution is 2.51. The Kier molecular flexibility index (Phi) is 2.13. The van der Waals surface area contributed by atoms with E-state index in [1.54, 1.807) is 12.1 Å². The first-order valence-corrected chi connectivity index (χ1v) is 6.23. The van der Waals surface area contributed by atoms with Crippen molar-refractivity contribution < 1.29 is 9.84 Å². The standard InChI is InChI=1S/C14H18O2/c1-10-12-6-5-11(15)9-13(12)16-14(10)7-3-2-4-8-14/h5-6,9-10,15H,2-4,7-8H2,1H3. The molecule has 1 aromatic rings. The van der Waals surface area contributed by atoms with E-state index in [1.165, 1.54) is 24.8 Å². The van der Waals surface area contributed by atoms with Crippen molar-refractivity contribution in [1.29, 1.82) is 0 Å². The number of aromatic hydroxyl groups is 1. The average Bonchev–Trinajstić information content (AvgIpc) is 2.53. The summed E-state index contributed by atoms with van der Waals surface area (Å²) in [6.07, 6.45) is 6.18. The van der Waals surface area contributed by atoms with Gasteiger partial charge in [-0.3, -0.25) is 0 Å². The number of benzene rings is 1. The van der Waals surface area contributed by atoms with E-state index in [2.05, 4.69) is 6.92 Å². The molecule has 0 saturated heterocycles. The number of rotatable bonds is 0. The summed E-state index contributed by atoms with van der Waals surface area (Å²) in [5.41, 5.74) is 1.29. The van der Waals surface area contributed by atoms with Crippen LogP contribution in [0.3, 0.4) is 0 Å². The second-order valence-corrected chi connectivity index (χ2v) is 5.17. The van der Waals surface area contributed by atoms with E-state index in [9.17, 15) is 5.11 Å². The zero-order valence-corrected chi connectivity index (χ0v) is 9.70. The van der Waals surface area contributed by atoms with Gasteiger partial charge in [-0.05, 0) is 31.7 Å². The monoisotopic (exact) mass is 218 g/mol. The topological polar surface area (TPSA) is 29.5 Å². The molecule has 1 spiro atoms. The van der Waals surface area contributed by atoms with Crippen LogP contribution in [0.5, 0.6) is 11.5 Å². The molecule has 1 aliphatic heterocycles. The summed E-state index contributed by atoms with van der Waals surface area (Å²) in [6, 6.07) is 5.54. The highest BCUT2D eigenvalue weighted by Gasteiger charge is 2.46. The highest BCUT2D eigenvalue weighted by atomic mass is 16.5. The van der Waals surface area contributed by atoms with Crippen LogP contribution in [0, 0.1) is 0 Å². The van der Waals surface area contributed by atoms with E-state index in [0.717, 1.165) is 18.6 Å². The number of hydrogen-bond donors (Lipinski definition) is 1. The van der Waals surface area contributed by atoms with Crippen molar-refractivity contribution in [3.63, 3.8) is 0 Å². The summed E-state index contributed by atoms with van der Waals surface area (Å²) >= 11 is 0. The maximum atomic E-state index is 9.49. The van der Waals surface area contributed by atoms with E-state index >= 15 is 0 Å². The molecule has 3 rings (SSSR count). The third kappa shape index (κ3) is 1.32. The molecule has 1 aromatic carbocycles. The number of hydrogen-bond acceptors (Lipinski definition) is 2. The number of fused-ring (bicyclic) bond motifs is 1. The molecule has 1 saturated carbocycles. The van der Waals surface area contributed by atoms with Crippen molar-refractivity contribution in [2.45, 2.75) is 50.5 Å². The number of phenols is 1. The van der Waals surface area contributed by atoms with Gasteiger partial charge in [0.15, 0.2) is 0 Å². The van der Waals surface area contributed by atoms with Gasteiger partial charge in [-0.25, -0.2) is 0 Å². The summed E-state index contributed by atoms with van der Waals surface area (Å²) in [4.78, 5) is 0. The molecule has 2 aliphatic rings. The number of ether oxygens (including phenoxy) is 1. The smallest absolute Gasteiger partial charge is 0.127 e. The maximum Gasteiger partial charge on any atom is 0.127 e. The Bertz CT molecular complexity index is 405. The van der Waals surface area contributed by atoms with Gasteiger partial charge in [0, 0.05) is 17.5 Å². The summed E-state index contributed by atoms with van der Waals surface area (Å²) in [7, 11) is 0. The molecule has 1 heterocycles. The summed E-state index contributed by atoms with van der Waals surface area (Å²) < 4.78 is 6.17. The molecule has 2 heteroatoms. The third-order valence-corrected chi connectivity index (χ3v) is 4.27. The predicted octanol–water partition coefficient (Wildman–Crippen LogP) is 3.59. The van der Waals surface area contributed by atoms with E-state index in [4.69, 9.17) is 4.74 Å². The van der Waals surface area contributed by atoms with Gasteiger partial charge in [0.1, 0.15) is 17.1 Å². The second kappa shape index (κ2) is 3.41. The lowest BCUT2D eigenvalue weighted by molar-refractivity contribution is 0.0333. The molecular formula is C14H18O2. The Hall–Kier alpha value is -1.18. The molecule has 0 bridgehead atoms. The lowest BCUT2D eigenvalue weighted by Crippen LogP contribution is -2.38. The largest absolute Gasteiger partial charge is 0.508 e. The SMILES string of the molecule is CC1c2ccc(O)cc2OC12CCCCC2. The van der Waals surface area contributed by atoms with Crippen LogP contribution in [0.4, 0.5) is 0 Å². The lowest BCUT2D eigenvalue weighted by atomic mass is 9.75. The lowest BCUT2D eigenvalue weighted by Gasteiger charge is -2.36. The Morgan fingerprint density at radius 3 is 2.75 bits per heavy atom. The van der Waals surface area contributed by atoms with Crippen LogP contribution in [-0.2, 0) is 0 Å². The van der Waals surface area contributed by atoms with Crippen molar-refractivity contribution in [1.82, 2.24) is 0 Å². The van der Waals surface area contributed by atoms with E-state index < -0.39 is 0 Å². The fraction of sp³-hybridized carbons (Fsp3) is 0.571. The van der Waals surface area contributed by atoms with Crippen molar-refractivity contribution >= 4 is 0 Å². The minimum Gasteiger partial charge on any atom is -0.508 e. The minimum atomic E-state index is 0.0222. The van der Waals surface area contributed by atoms with Gasteiger partial charge in [-0.1, -0.05) is 19.4 Å². The summed E-state index contributed by atoms with van der Waals surface area (Å²) in [5, 5.41) is 9.49. The zero-order chi connectivity index (χ0) is 11.2. The first-order valence-electron chi connectivity index (χ1n) is 6.23. The fourth-order valence-electron chi connectivity index (χ4n) is 3.25. The molecule has 16 heavy (non-hydrogen) atoms. The Labute approximate surface area is 96.2 Å². The quantitative estimate of drug-likeness (QED) is 0.721.